The van der Waals surface area contributed by atoms with E-state index in [2.05, 4.69) is 24.0 Å². The standard InChI is InChI=1S/C15H19FN2S/c1-11-6-7-15(19-11)14(9-17)18(2)10-12-4-3-5-13(16)8-12/h3-8,14H,9-10,17H2,1-2H3. The highest BCUT2D eigenvalue weighted by atomic mass is 32.1. The summed E-state index contributed by atoms with van der Waals surface area (Å²) in [5, 5.41) is 0. The lowest BCUT2D eigenvalue weighted by Crippen LogP contribution is -2.29. The van der Waals surface area contributed by atoms with Gasteiger partial charge in [0.05, 0.1) is 6.04 Å². The van der Waals surface area contributed by atoms with Crippen LogP contribution >= 0.6 is 11.3 Å². The minimum Gasteiger partial charge on any atom is -0.329 e. The summed E-state index contributed by atoms with van der Waals surface area (Å²) in [6.07, 6.45) is 0. The molecule has 0 saturated heterocycles. The normalized spacial score (nSPS) is 12.9. The number of halogens is 1. The molecule has 1 heterocycles. The molecule has 1 aromatic heterocycles. The number of hydrogen-bond donors (Lipinski definition) is 1. The maximum absolute atomic E-state index is 13.2. The smallest absolute Gasteiger partial charge is 0.123 e. The first-order chi connectivity index (χ1) is 9.10. The quantitative estimate of drug-likeness (QED) is 0.909. The summed E-state index contributed by atoms with van der Waals surface area (Å²) in [6, 6.07) is 11.1. The Kier molecular flexibility index (Phi) is 4.69. The van der Waals surface area contributed by atoms with Crippen LogP contribution in [0.3, 0.4) is 0 Å². The van der Waals surface area contributed by atoms with Crippen LogP contribution in [-0.2, 0) is 6.54 Å². The summed E-state index contributed by atoms with van der Waals surface area (Å²) < 4.78 is 13.2. The number of thiophene rings is 1. The average Bonchev–Trinajstić information content (AvgIpc) is 2.76. The molecule has 0 saturated carbocycles. The molecule has 0 aliphatic heterocycles. The number of likely N-dealkylation sites (N-methyl/N-ethyl adjacent to an activating group) is 1. The number of nitrogens with zero attached hydrogens (tertiary/aromatic N) is 1. The van der Waals surface area contributed by atoms with Crippen LogP contribution < -0.4 is 5.73 Å². The fourth-order valence-electron chi connectivity index (χ4n) is 2.18. The minimum absolute atomic E-state index is 0.182. The predicted octanol–water partition coefficient (Wildman–Crippen LogP) is 3.33. The number of aryl methyl sites for hydroxylation is 1. The van der Waals surface area contributed by atoms with Gasteiger partial charge in [-0.15, -0.1) is 11.3 Å². The van der Waals surface area contributed by atoms with E-state index in [-0.39, 0.29) is 11.9 Å². The molecule has 2 N–H and O–H groups in total. The van der Waals surface area contributed by atoms with E-state index in [0.717, 1.165) is 5.56 Å². The Bertz CT molecular complexity index is 538. The fraction of sp³-hybridized carbons (Fsp3) is 0.333. The first kappa shape index (κ1) is 14.2. The van der Waals surface area contributed by atoms with Crippen LogP contribution in [0.1, 0.15) is 21.4 Å². The first-order valence-electron chi connectivity index (χ1n) is 6.31. The SMILES string of the molecule is Cc1ccc(C(CN)N(C)Cc2cccc(F)c2)s1. The Morgan fingerprint density at radius 2 is 2.11 bits per heavy atom. The minimum atomic E-state index is -0.192. The molecule has 0 bridgehead atoms. The zero-order chi connectivity index (χ0) is 13.8. The fourth-order valence-corrected chi connectivity index (χ4v) is 3.24. The largest absolute Gasteiger partial charge is 0.329 e. The lowest BCUT2D eigenvalue weighted by atomic mass is 10.1. The summed E-state index contributed by atoms with van der Waals surface area (Å²) >= 11 is 1.77. The molecule has 2 nitrogen and oxygen atoms in total. The van der Waals surface area contributed by atoms with Crippen molar-refractivity contribution in [3.05, 3.63) is 57.5 Å². The molecule has 2 rings (SSSR count). The van der Waals surface area contributed by atoms with Gasteiger partial charge in [-0.25, -0.2) is 4.39 Å². The Morgan fingerprint density at radius 1 is 1.32 bits per heavy atom. The van der Waals surface area contributed by atoms with E-state index < -0.39 is 0 Å². The van der Waals surface area contributed by atoms with Crippen molar-refractivity contribution in [1.29, 1.82) is 0 Å². The van der Waals surface area contributed by atoms with Gasteiger partial charge in [-0.3, -0.25) is 4.90 Å². The van der Waals surface area contributed by atoms with Crippen molar-refractivity contribution in [3.8, 4) is 0 Å². The van der Waals surface area contributed by atoms with E-state index in [1.54, 1.807) is 23.5 Å². The van der Waals surface area contributed by atoms with Crippen LogP contribution in [0.25, 0.3) is 0 Å². The van der Waals surface area contributed by atoms with Gasteiger partial charge >= 0.3 is 0 Å². The lowest BCUT2D eigenvalue weighted by Gasteiger charge is -2.26. The Hall–Kier alpha value is -1.23. The summed E-state index contributed by atoms with van der Waals surface area (Å²) in [5.41, 5.74) is 6.86. The van der Waals surface area contributed by atoms with Gasteiger partial charge in [0.15, 0.2) is 0 Å². The van der Waals surface area contributed by atoms with Crippen molar-refractivity contribution in [2.75, 3.05) is 13.6 Å². The number of rotatable bonds is 5. The molecule has 102 valence electrons. The molecular weight excluding hydrogens is 259 g/mol. The molecule has 0 amide bonds. The molecule has 1 unspecified atom stereocenters. The van der Waals surface area contributed by atoms with E-state index in [1.807, 2.05) is 13.1 Å². The van der Waals surface area contributed by atoms with Crippen molar-refractivity contribution < 1.29 is 4.39 Å². The van der Waals surface area contributed by atoms with Crippen LogP contribution in [0.5, 0.6) is 0 Å². The second kappa shape index (κ2) is 6.28. The third-order valence-corrected chi connectivity index (χ3v) is 4.27. The van der Waals surface area contributed by atoms with Gasteiger partial charge in [-0.2, -0.15) is 0 Å². The van der Waals surface area contributed by atoms with E-state index in [4.69, 9.17) is 5.73 Å². The highest BCUT2D eigenvalue weighted by Gasteiger charge is 2.17. The number of nitrogens with two attached hydrogens (primary N) is 1. The number of hydrogen-bond acceptors (Lipinski definition) is 3. The second-order valence-electron chi connectivity index (χ2n) is 4.74. The van der Waals surface area contributed by atoms with Crippen molar-refractivity contribution in [1.82, 2.24) is 4.90 Å². The Labute approximate surface area is 117 Å². The van der Waals surface area contributed by atoms with Gasteiger partial charge in [0.25, 0.3) is 0 Å². The highest BCUT2D eigenvalue weighted by molar-refractivity contribution is 7.12. The van der Waals surface area contributed by atoms with Gasteiger partial charge in [0, 0.05) is 22.8 Å². The zero-order valence-electron chi connectivity index (χ0n) is 11.3. The third-order valence-electron chi connectivity index (χ3n) is 3.17. The monoisotopic (exact) mass is 278 g/mol. The average molecular weight is 278 g/mol. The predicted molar refractivity (Wildman–Crippen MR) is 78.7 cm³/mol. The molecular formula is C15H19FN2S. The van der Waals surface area contributed by atoms with Crippen LogP contribution in [-0.4, -0.2) is 18.5 Å². The first-order valence-corrected chi connectivity index (χ1v) is 7.13. The van der Waals surface area contributed by atoms with Crippen molar-refractivity contribution >= 4 is 11.3 Å². The molecule has 0 fully saturated rings. The molecule has 0 aliphatic carbocycles. The molecule has 2 aromatic rings. The van der Waals surface area contributed by atoms with Crippen molar-refractivity contribution in [3.63, 3.8) is 0 Å². The van der Waals surface area contributed by atoms with Crippen molar-refractivity contribution in [2.24, 2.45) is 5.73 Å². The van der Waals surface area contributed by atoms with Crippen LogP contribution in [0.4, 0.5) is 4.39 Å². The van der Waals surface area contributed by atoms with Gasteiger partial charge in [-0.05, 0) is 43.8 Å². The molecule has 4 heteroatoms. The second-order valence-corrected chi connectivity index (χ2v) is 6.06. The summed E-state index contributed by atoms with van der Waals surface area (Å²) in [6.45, 7) is 3.34. The summed E-state index contributed by atoms with van der Waals surface area (Å²) in [4.78, 5) is 4.71. The van der Waals surface area contributed by atoms with Gasteiger partial charge in [-0.1, -0.05) is 12.1 Å². The molecule has 1 aromatic carbocycles. The van der Waals surface area contributed by atoms with Crippen LogP contribution in [0.2, 0.25) is 0 Å². The van der Waals surface area contributed by atoms with E-state index in [1.165, 1.54) is 15.8 Å². The highest BCUT2D eigenvalue weighted by Crippen LogP contribution is 2.27. The van der Waals surface area contributed by atoms with Crippen LogP contribution in [0, 0.1) is 12.7 Å². The Morgan fingerprint density at radius 3 is 2.68 bits per heavy atom. The molecule has 0 spiro atoms. The maximum Gasteiger partial charge on any atom is 0.123 e. The topological polar surface area (TPSA) is 29.3 Å². The molecule has 1 atom stereocenters. The van der Waals surface area contributed by atoms with E-state index in [0.29, 0.717) is 13.1 Å². The van der Waals surface area contributed by atoms with Crippen LogP contribution in [0.15, 0.2) is 36.4 Å². The zero-order valence-corrected chi connectivity index (χ0v) is 12.1. The summed E-state index contributed by atoms with van der Waals surface area (Å²) in [7, 11) is 2.03. The van der Waals surface area contributed by atoms with Crippen molar-refractivity contribution in [2.45, 2.75) is 19.5 Å². The van der Waals surface area contributed by atoms with Gasteiger partial charge < -0.3 is 5.73 Å². The number of benzene rings is 1. The van der Waals surface area contributed by atoms with E-state index in [9.17, 15) is 4.39 Å². The van der Waals surface area contributed by atoms with Gasteiger partial charge in [0.1, 0.15) is 5.82 Å². The Balaban J connectivity index is 2.11. The third kappa shape index (κ3) is 3.62. The molecule has 19 heavy (non-hydrogen) atoms. The molecule has 0 radical (unpaired) electrons. The maximum atomic E-state index is 13.2. The lowest BCUT2D eigenvalue weighted by molar-refractivity contribution is 0.245. The summed E-state index contributed by atoms with van der Waals surface area (Å²) in [5.74, 6) is -0.192. The van der Waals surface area contributed by atoms with E-state index >= 15 is 0 Å². The van der Waals surface area contributed by atoms with Gasteiger partial charge in [0.2, 0.25) is 0 Å². The molecule has 0 aliphatic rings.